The number of ether oxygens (including phenoxy) is 2. The van der Waals surface area contributed by atoms with Crippen molar-refractivity contribution in [2.24, 2.45) is 0 Å². The van der Waals surface area contributed by atoms with Gasteiger partial charge in [0.25, 0.3) is 5.56 Å². The van der Waals surface area contributed by atoms with Gasteiger partial charge in [-0.1, -0.05) is 6.07 Å². The van der Waals surface area contributed by atoms with Gasteiger partial charge in [0, 0.05) is 24.2 Å². The smallest absolute Gasteiger partial charge is 0.330 e. The van der Waals surface area contributed by atoms with Crippen LogP contribution in [0.25, 0.3) is 11.0 Å². The SMILES string of the molecule is COc1ccc([C@@H]2CC(=O)c3cnc4c(c3C2)c(=O)[nH]c(=O)n4C(C)C)cc1OC. The van der Waals surface area contributed by atoms with Gasteiger partial charge in [-0.2, -0.15) is 0 Å². The number of carbonyl (C=O) groups excluding carboxylic acids is 1. The van der Waals surface area contributed by atoms with Gasteiger partial charge in [-0.3, -0.25) is 19.1 Å². The summed E-state index contributed by atoms with van der Waals surface area (Å²) in [6, 6.07) is 5.38. The third-order valence-electron chi connectivity index (χ3n) is 5.64. The highest BCUT2D eigenvalue weighted by molar-refractivity contribution is 6.02. The van der Waals surface area contributed by atoms with Crippen LogP contribution >= 0.6 is 0 Å². The standard InChI is InChI=1S/C22H23N3O5/c1-11(2)25-20-19(21(27)24-22(25)28)14-7-13(8-16(26)15(14)10-23-20)12-5-6-17(29-3)18(9-12)30-4/h5-6,9-11,13H,7-8H2,1-4H3,(H,24,27,28)/t13-/m0/s1. The van der Waals surface area contributed by atoms with E-state index in [0.717, 1.165) is 5.56 Å². The lowest BCUT2D eigenvalue weighted by atomic mass is 9.79. The largest absolute Gasteiger partial charge is 0.493 e. The average Bonchev–Trinajstić information content (AvgIpc) is 2.72. The van der Waals surface area contributed by atoms with Crippen LogP contribution in [0.2, 0.25) is 0 Å². The highest BCUT2D eigenvalue weighted by Gasteiger charge is 2.30. The first-order valence-electron chi connectivity index (χ1n) is 9.77. The van der Waals surface area contributed by atoms with Gasteiger partial charge in [0.05, 0.1) is 19.6 Å². The van der Waals surface area contributed by atoms with Crippen LogP contribution in [0.1, 0.15) is 53.7 Å². The van der Waals surface area contributed by atoms with Gasteiger partial charge >= 0.3 is 5.69 Å². The van der Waals surface area contributed by atoms with E-state index in [1.54, 1.807) is 14.2 Å². The van der Waals surface area contributed by atoms with Crippen molar-refractivity contribution in [3.05, 3.63) is 61.9 Å². The molecule has 30 heavy (non-hydrogen) atoms. The number of H-pyrrole nitrogens is 1. The van der Waals surface area contributed by atoms with Crippen LogP contribution in [0.15, 0.2) is 34.0 Å². The van der Waals surface area contributed by atoms with E-state index in [9.17, 15) is 14.4 Å². The van der Waals surface area contributed by atoms with Crippen molar-refractivity contribution in [2.75, 3.05) is 14.2 Å². The molecule has 0 saturated carbocycles. The molecule has 1 aromatic carbocycles. The molecule has 0 bridgehead atoms. The molecule has 0 unspecified atom stereocenters. The molecule has 1 aliphatic rings. The summed E-state index contributed by atoms with van der Waals surface area (Å²) in [5.41, 5.74) is 1.28. The van der Waals surface area contributed by atoms with Crippen molar-refractivity contribution in [3.8, 4) is 11.5 Å². The van der Waals surface area contributed by atoms with Crippen LogP contribution in [0, 0.1) is 0 Å². The third-order valence-corrected chi connectivity index (χ3v) is 5.64. The van der Waals surface area contributed by atoms with E-state index in [2.05, 4.69) is 9.97 Å². The Morgan fingerprint density at radius 1 is 1.10 bits per heavy atom. The molecular weight excluding hydrogens is 386 g/mol. The molecule has 0 fully saturated rings. The maximum Gasteiger partial charge on any atom is 0.330 e. The zero-order chi connectivity index (χ0) is 21.6. The summed E-state index contributed by atoms with van der Waals surface area (Å²) in [7, 11) is 3.13. The Morgan fingerprint density at radius 3 is 2.50 bits per heavy atom. The van der Waals surface area contributed by atoms with Gasteiger partial charge in [-0.25, -0.2) is 9.78 Å². The molecule has 1 aliphatic carbocycles. The Morgan fingerprint density at radius 2 is 1.83 bits per heavy atom. The maximum absolute atomic E-state index is 12.9. The zero-order valence-electron chi connectivity index (χ0n) is 17.3. The molecule has 0 amide bonds. The number of aromatic nitrogens is 3. The zero-order valence-corrected chi connectivity index (χ0v) is 17.3. The predicted octanol–water partition coefficient (Wildman–Crippen LogP) is 2.60. The van der Waals surface area contributed by atoms with Crippen molar-refractivity contribution in [3.63, 3.8) is 0 Å². The van der Waals surface area contributed by atoms with Crippen molar-refractivity contribution in [1.82, 2.24) is 14.5 Å². The van der Waals surface area contributed by atoms with E-state index in [1.807, 2.05) is 32.0 Å². The van der Waals surface area contributed by atoms with Gasteiger partial charge in [-0.15, -0.1) is 0 Å². The van der Waals surface area contributed by atoms with Gasteiger partial charge < -0.3 is 9.47 Å². The number of nitrogens with one attached hydrogen (secondary N) is 1. The van der Waals surface area contributed by atoms with E-state index in [-0.39, 0.29) is 17.7 Å². The lowest BCUT2D eigenvalue weighted by Crippen LogP contribution is -2.33. The number of nitrogens with zero attached hydrogens (tertiary/aromatic N) is 2. The second-order valence-electron chi connectivity index (χ2n) is 7.71. The van der Waals surface area contributed by atoms with Crippen molar-refractivity contribution < 1.29 is 14.3 Å². The molecule has 0 spiro atoms. The average molecular weight is 409 g/mol. The molecule has 8 nitrogen and oxygen atoms in total. The summed E-state index contributed by atoms with van der Waals surface area (Å²) < 4.78 is 12.1. The van der Waals surface area contributed by atoms with Crippen LogP contribution in [0.5, 0.6) is 11.5 Å². The third kappa shape index (κ3) is 3.08. The van der Waals surface area contributed by atoms with Gasteiger partial charge in [0.2, 0.25) is 0 Å². The van der Waals surface area contributed by atoms with Crippen LogP contribution in [-0.2, 0) is 6.42 Å². The number of Topliss-reactive ketones (excluding diaryl/α,β-unsaturated/α-hetero) is 1. The summed E-state index contributed by atoms with van der Waals surface area (Å²) in [5, 5.41) is 0.305. The normalized spacial score (nSPS) is 16.0. The Balaban J connectivity index is 1.90. The number of hydrogen-bond donors (Lipinski definition) is 1. The molecule has 0 aliphatic heterocycles. The molecule has 2 heterocycles. The van der Waals surface area contributed by atoms with Crippen molar-refractivity contribution in [1.29, 1.82) is 0 Å². The molecule has 1 N–H and O–H groups in total. The second-order valence-corrected chi connectivity index (χ2v) is 7.71. The molecular formula is C22H23N3O5. The predicted molar refractivity (Wildman–Crippen MR) is 112 cm³/mol. The fraction of sp³-hybridized carbons (Fsp3) is 0.364. The van der Waals surface area contributed by atoms with Crippen LogP contribution < -0.4 is 20.7 Å². The minimum absolute atomic E-state index is 0.0767. The highest BCUT2D eigenvalue weighted by Crippen LogP contribution is 2.38. The lowest BCUT2D eigenvalue weighted by molar-refractivity contribution is 0.0964. The van der Waals surface area contributed by atoms with E-state index in [4.69, 9.17) is 9.47 Å². The number of aromatic amines is 1. The highest BCUT2D eigenvalue weighted by atomic mass is 16.5. The van der Waals surface area contributed by atoms with E-state index in [1.165, 1.54) is 10.8 Å². The van der Waals surface area contributed by atoms with E-state index < -0.39 is 11.2 Å². The Bertz CT molecular complexity index is 1270. The summed E-state index contributed by atoms with van der Waals surface area (Å²) in [5.74, 6) is 0.983. The summed E-state index contributed by atoms with van der Waals surface area (Å²) in [6.07, 6.45) is 2.27. The quantitative estimate of drug-likeness (QED) is 0.710. The maximum atomic E-state index is 12.9. The number of rotatable bonds is 4. The van der Waals surface area contributed by atoms with Gasteiger partial charge in [0.1, 0.15) is 5.65 Å². The topological polar surface area (TPSA) is 103 Å². The second kappa shape index (κ2) is 7.44. The number of ketones is 1. The Hall–Kier alpha value is -3.42. The van der Waals surface area contributed by atoms with Crippen LogP contribution in [-0.4, -0.2) is 34.5 Å². The summed E-state index contributed by atoms with van der Waals surface area (Å²) in [6.45, 7) is 3.69. The molecule has 156 valence electrons. The monoisotopic (exact) mass is 409 g/mol. The number of carbonyl (C=O) groups is 1. The first-order valence-corrected chi connectivity index (χ1v) is 9.77. The van der Waals surface area contributed by atoms with Gasteiger partial charge in [0.15, 0.2) is 17.3 Å². The molecule has 8 heteroatoms. The number of benzene rings is 1. The molecule has 4 rings (SSSR count). The first kappa shape index (κ1) is 19.9. The minimum Gasteiger partial charge on any atom is -0.493 e. The number of methoxy groups -OCH3 is 2. The first-order chi connectivity index (χ1) is 14.3. The molecule has 1 atom stereocenters. The molecule has 0 radical (unpaired) electrons. The minimum atomic E-state index is -0.517. The van der Waals surface area contributed by atoms with Crippen molar-refractivity contribution >= 4 is 16.8 Å². The Labute approximate surface area is 172 Å². The fourth-order valence-corrected chi connectivity index (χ4v) is 4.20. The van der Waals surface area contributed by atoms with Crippen LogP contribution in [0.4, 0.5) is 0 Å². The lowest BCUT2D eigenvalue weighted by Gasteiger charge is -2.26. The van der Waals surface area contributed by atoms with E-state index in [0.29, 0.717) is 46.5 Å². The van der Waals surface area contributed by atoms with Crippen molar-refractivity contribution in [2.45, 2.75) is 38.6 Å². The number of hydrogen-bond acceptors (Lipinski definition) is 6. The number of fused-ring (bicyclic) bond motifs is 3. The summed E-state index contributed by atoms with van der Waals surface area (Å²) >= 11 is 0. The molecule has 2 aromatic heterocycles. The summed E-state index contributed by atoms with van der Waals surface area (Å²) in [4.78, 5) is 44.7. The Kier molecular flexibility index (Phi) is 4.93. The fourth-order valence-electron chi connectivity index (χ4n) is 4.20. The van der Waals surface area contributed by atoms with E-state index >= 15 is 0 Å². The molecule has 0 saturated heterocycles. The number of pyridine rings is 1. The van der Waals surface area contributed by atoms with Gasteiger partial charge in [-0.05, 0) is 49.4 Å². The van der Waals surface area contributed by atoms with Crippen LogP contribution in [0.3, 0.4) is 0 Å². The molecule has 3 aromatic rings.